The SMILES string of the molecule is C=CN(C)C=NCC.CC. The summed E-state index contributed by atoms with van der Waals surface area (Å²) in [7, 11) is 1.90. The van der Waals surface area contributed by atoms with Crippen LogP contribution in [0.15, 0.2) is 17.8 Å². The molecule has 0 atom stereocenters. The lowest BCUT2D eigenvalue weighted by molar-refractivity contribution is 0.708. The zero-order chi connectivity index (χ0) is 8.41. The van der Waals surface area contributed by atoms with Gasteiger partial charge in [0.15, 0.2) is 0 Å². The summed E-state index contributed by atoms with van der Waals surface area (Å²) in [6, 6.07) is 0. The van der Waals surface area contributed by atoms with Gasteiger partial charge in [0, 0.05) is 13.6 Å². The first kappa shape index (κ1) is 11.9. The topological polar surface area (TPSA) is 15.6 Å². The van der Waals surface area contributed by atoms with Crippen LogP contribution >= 0.6 is 0 Å². The van der Waals surface area contributed by atoms with Gasteiger partial charge in [-0.3, -0.25) is 4.99 Å². The maximum atomic E-state index is 3.97. The van der Waals surface area contributed by atoms with Crippen molar-refractivity contribution in [1.29, 1.82) is 0 Å². The van der Waals surface area contributed by atoms with Gasteiger partial charge in [-0.2, -0.15) is 0 Å². The van der Waals surface area contributed by atoms with Gasteiger partial charge < -0.3 is 4.90 Å². The van der Waals surface area contributed by atoms with Crippen molar-refractivity contribution in [3.8, 4) is 0 Å². The lowest BCUT2D eigenvalue weighted by atomic mass is 10.8. The maximum absolute atomic E-state index is 3.97. The summed E-state index contributed by atoms with van der Waals surface area (Å²) < 4.78 is 0. The van der Waals surface area contributed by atoms with Gasteiger partial charge >= 0.3 is 0 Å². The molecule has 0 fully saturated rings. The Morgan fingerprint density at radius 3 is 2.30 bits per heavy atom. The molecular weight excluding hydrogens is 124 g/mol. The predicted molar refractivity (Wildman–Crippen MR) is 48.3 cm³/mol. The molecule has 0 unspecified atom stereocenters. The van der Waals surface area contributed by atoms with Crippen molar-refractivity contribution in [2.24, 2.45) is 4.99 Å². The summed E-state index contributed by atoms with van der Waals surface area (Å²) in [4.78, 5) is 5.78. The van der Waals surface area contributed by atoms with Gasteiger partial charge in [-0.1, -0.05) is 20.4 Å². The van der Waals surface area contributed by atoms with Gasteiger partial charge in [0.1, 0.15) is 0 Å². The molecule has 0 rings (SSSR count). The second kappa shape index (κ2) is 11.1. The molecule has 0 heterocycles. The van der Waals surface area contributed by atoms with Crippen molar-refractivity contribution in [3.05, 3.63) is 12.8 Å². The average Bonchev–Trinajstić information content (AvgIpc) is 2.04. The maximum Gasteiger partial charge on any atom is 0.0886 e. The van der Waals surface area contributed by atoms with Crippen molar-refractivity contribution in [1.82, 2.24) is 4.90 Å². The third-order valence-electron chi connectivity index (χ3n) is 0.734. The number of hydrogen-bond acceptors (Lipinski definition) is 1. The molecule has 0 aliphatic heterocycles. The molecule has 0 bridgehead atoms. The smallest absolute Gasteiger partial charge is 0.0886 e. The normalized spacial score (nSPS) is 8.40. The molecule has 0 aromatic carbocycles. The highest BCUT2D eigenvalue weighted by atomic mass is 15.1. The molecule has 10 heavy (non-hydrogen) atoms. The summed E-state index contributed by atoms with van der Waals surface area (Å²) in [5.41, 5.74) is 0. The van der Waals surface area contributed by atoms with Crippen molar-refractivity contribution in [2.75, 3.05) is 13.6 Å². The van der Waals surface area contributed by atoms with E-state index >= 15 is 0 Å². The van der Waals surface area contributed by atoms with E-state index in [-0.39, 0.29) is 0 Å². The lowest BCUT2D eigenvalue weighted by Gasteiger charge is -2.01. The molecule has 60 valence electrons. The van der Waals surface area contributed by atoms with E-state index in [4.69, 9.17) is 0 Å². The van der Waals surface area contributed by atoms with Gasteiger partial charge in [0.25, 0.3) is 0 Å². The van der Waals surface area contributed by atoms with Gasteiger partial charge in [-0.05, 0) is 13.1 Å². The van der Waals surface area contributed by atoms with Gasteiger partial charge in [-0.25, -0.2) is 0 Å². The van der Waals surface area contributed by atoms with Crippen molar-refractivity contribution in [2.45, 2.75) is 20.8 Å². The fraction of sp³-hybridized carbons (Fsp3) is 0.625. The van der Waals surface area contributed by atoms with Crippen LogP contribution < -0.4 is 0 Å². The Hall–Kier alpha value is -0.790. The van der Waals surface area contributed by atoms with Gasteiger partial charge in [0.2, 0.25) is 0 Å². The lowest BCUT2D eigenvalue weighted by Crippen LogP contribution is -2.05. The molecule has 0 aromatic rings. The Bertz CT molecular complexity index is 87.3. The second-order valence-corrected chi connectivity index (χ2v) is 1.46. The Balaban J connectivity index is 0. The second-order valence-electron chi connectivity index (χ2n) is 1.46. The van der Waals surface area contributed by atoms with E-state index in [1.807, 2.05) is 32.7 Å². The van der Waals surface area contributed by atoms with Crippen LogP contribution in [0.1, 0.15) is 20.8 Å². The molecule has 0 N–H and O–H groups in total. The highest BCUT2D eigenvalue weighted by Crippen LogP contribution is 1.73. The van der Waals surface area contributed by atoms with E-state index < -0.39 is 0 Å². The molecular formula is C8H18N2. The van der Waals surface area contributed by atoms with Gasteiger partial charge in [-0.15, -0.1) is 0 Å². The quantitative estimate of drug-likeness (QED) is 0.435. The molecule has 0 radical (unpaired) electrons. The first-order valence-corrected chi connectivity index (χ1v) is 3.65. The molecule has 0 amide bonds. The van der Waals surface area contributed by atoms with Crippen LogP contribution in [0.2, 0.25) is 0 Å². The summed E-state index contributed by atoms with van der Waals surface area (Å²) >= 11 is 0. The standard InChI is InChI=1S/C6H12N2.C2H6/c1-4-7-6-8(3)5-2;1-2/h5-6H,2,4H2,1,3H3;1-2H3. The van der Waals surface area contributed by atoms with Crippen LogP contribution in [0.5, 0.6) is 0 Å². The van der Waals surface area contributed by atoms with E-state index in [1.54, 1.807) is 12.5 Å². The summed E-state index contributed by atoms with van der Waals surface area (Å²) in [5, 5.41) is 0. The van der Waals surface area contributed by atoms with Crippen molar-refractivity contribution < 1.29 is 0 Å². The van der Waals surface area contributed by atoms with Crippen LogP contribution in [0.3, 0.4) is 0 Å². The molecule has 0 spiro atoms. The largest absolute Gasteiger partial charge is 0.343 e. The third-order valence-corrected chi connectivity index (χ3v) is 0.734. The number of aliphatic imine (C=N–C) groups is 1. The summed E-state index contributed by atoms with van der Waals surface area (Å²) in [5.74, 6) is 0. The van der Waals surface area contributed by atoms with Crippen LogP contribution in [0, 0.1) is 0 Å². The van der Waals surface area contributed by atoms with E-state index in [2.05, 4.69) is 11.6 Å². The molecule has 2 nitrogen and oxygen atoms in total. The summed E-state index contributed by atoms with van der Waals surface area (Å²) in [6.07, 6.45) is 3.45. The van der Waals surface area contributed by atoms with Crippen molar-refractivity contribution >= 4 is 6.34 Å². The number of rotatable bonds is 3. The fourth-order valence-corrected chi connectivity index (χ4v) is 0.258. The van der Waals surface area contributed by atoms with Crippen LogP contribution in [0.4, 0.5) is 0 Å². The third kappa shape index (κ3) is 10.2. The molecule has 0 aliphatic carbocycles. The first-order chi connectivity index (χ1) is 4.81. The molecule has 0 saturated carbocycles. The predicted octanol–water partition coefficient (Wildman–Crippen LogP) is 2.14. The van der Waals surface area contributed by atoms with Crippen LogP contribution in [-0.4, -0.2) is 24.8 Å². The molecule has 0 saturated heterocycles. The molecule has 0 aromatic heterocycles. The van der Waals surface area contributed by atoms with E-state index in [9.17, 15) is 0 Å². The minimum atomic E-state index is 0.832. The van der Waals surface area contributed by atoms with Gasteiger partial charge in [0.05, 0.1) is 6.34 Å². The van der Waals surface area contributed by atoms with Crippen LogP contribution in [-0.2, 0) is 0 Å². The average molecular weight is 142 g/mol. The minimum Gasteiger partial charge on any atom is -0.343 e. The van der Waals surface area contributed by atoms with E-state index in [1.165, 1.54) is 0 Å². The Morgan fingerprint density at radius 1 is 1.50 bits per heavy atom. The Kier molecular flexibility index (Phi) is 13.2. The van der Waals surface area contributed by atoms with E-state index in [0.717, 1.165) is 6.54 Å². The zero-order valence-electron chi connectivity index (χ0n) is 7.46. The first-order valence-electron chi connectivity index (χ1n) is 3.65. The Morgan fingerprint density at radius 2 is 2.00 bits per heavy atom. The fourth-order valence-electron chi connectivity index (χ4n) is 0.258. The monoisotopic (exact) mass is 142 g/mol. The minimum absolute atomic E-state index is 0.832. The highest BCUT2D eigenvalue weighted by Gasteiger charge is 1.74. The van der Waals surface area contributed by atoms with Crippen molar-refractivity contribution in [3.63, 3.8) is 0 Å². The molecule has 0 aliphatic rings. The zero-order valence-corrected chi connectivity index (χ0v) is 7.46. The van der Waals surface area contributed by atoms with Crippen LogP contribution in [0.25, 0.3) is 0 Å². The highest BCUT2D eigenvalue weighted by molar-refractivity contribution is 5.55. The number of nitrogens with zero attached hydrogens (tertiary/aromatic N) is 2. The molecule has 2 heteroatoms. The summed E-state index contributed by atoms with van der Waals surface area (Å²) in [6.45, 7) is 10.4. The Labute approximate surface area is 64.3 Å². The van der Waals surface area contributed by atoms with E-state index in [0.29, 0.717) is 0 Å². The number of hydrogen-bond donors (Lipinski definition) is 0.